The second kappa shape index (κ2) is 9.15. The van der Waals surface area contributed by atoms with Crippen LogP contribution in [0.1, 0.15) is 25.8 Å². The first-order chi connectivity index (χ1) is 12.3. The molecule has 0 aromatic heterocycles. The van der Waals surface area contributed by atoms with Gasteiger partial charge in [0.2, 0.25) is 0 Å². The SMILES string of the molecule is [B]C1C[C@@H](OP(=O)(OC)Oc2ccc(CC(C)C(C)=O)cc2)[C@@H](CO)O1. The summed E-state index contributed by atoms with van der Waals surface area (Å²) in [5.41, 5.74) is 0.962. The highest BCUT2D eigenvalue weighted by molar-refractivity contribution is 7.48. The predicted octanol–water partition coefficient (Wildman–Crippen LogP) is 2.25. The number of carbonyl (C=O) groups excluding carboxylic acids is 1. The van der Waals surface area contributed by atoms with Gasteiger partial charge in [-0.1, -0.05) is 19.1 Å². The largest absolute Gasteiger partial charge is 0.530 e. The fourth-order valence-electron chi connectivity index (χ4n) is 2.60. The van der Waals surface area contributed by atoms with Crippen molar-refractivity contribution in [3.05, 3.63) is 29.8 Å². The summed E-state index contributed by atoms with van der Waals surface area (Å²) >= 11 is 0. The third-order valence-corrected chi connectivity index (χ3v) is 5.68. The van der Waals surface area contributed by atoms with Crippen LogP contribution in [0.4, 0.5) is 0 Å². The molecule has 1 aromatic carbocycles. The van der Waals surface area contributed by atoms with Gasteiger partial charge >= 0.3 is 7.82 Å². The molecule has 3 unspecified atom stereocenters. The molecule has 0 saturated carbocycles. The van der Waals surface area contributed by atoms with E-state index in [1.54, 1.807) is 31.2 Å². The van der Waals surface area contributed by atoms with Gasteiger partial charge in [-0.25, -0.2) is 4.57 Å². The fraction of sp³-hybridized carbons (Fsp3) is 0.588. The number of rotatable bonds is 9. The van der Waals surface area contributed by atoms with E-state index in [9.17, 15) is 14.5 Å². The molecule has 1 heterocycles. The van der Waals surface area contributed by atoms with Gasteiger partial charge < -0.3 is 14.4 Å². The Morgan fingerprint density at radius 2 is 2.08 bits per heavy atom. The summed E-state index contributed by atoms with van der Waals surface area (Å²) in [6.07, 6.45) is -0.503. The van der Waals surface area contributed by atoms with Gasteiger partial charge in [-0.3, -0.25) is 13.8 Å². The van der Waals surface area contributed by atoms with Gasteiger partial charge in [0.15, 0.2) is 0 Å². The number of ketones is 1. The van der Waals surface area contributed by atoms with E-state index in [1.165, 1.54) is 7.11 Å². The number of hydrogen-bond acceptors (Lipinski definition) is 7. The van der Waals surface area contributed by atoms with Crippen molar-refractivity contribution in [3.8, 4) is 5.75 Å². The topological polar surface area (TPSA) is 91.3 Å². The van der Waals surface area contributed by atoms with Crippen molar-refractivity contribution < 1.29 is 32.8 Å². The van der Waals surface area contributed by atoms with E-state index in [1.807, 2.05) is 6.92 Å². The van der Waals surface area contributed by atoms with E-state index in [2.05, 4.69) is 0 Å². The molecule has 0 aliphatic carbocycles. The Labute approximate surface area is 155 Å². The Hall–Kier alpha value is -1.18. The number of aliphatic hydroxyl groups is 1. The molecule has 1 fully saturated rings. The van der Waals surface area contributed by atoms with Gasteiger partial charge in [0.1, 0.15) is 31.6 Å². The molecule has 1 N–H and O–H groups in total. The van der Waals surface area contributed by atoms with Crippen molar-refractivity contribution in [2.75, 3.05) is 13.7 Å². The van der Waals surface area contributed by atoms with Crippen molar-refractivity contribution in [3.63, 3.8) is 0 Å². The van der Waals surface area contributed by atoms with Crippen LogP contribution in [0.5, 0.6) is 5.75 Å². The molecule has 0 bridgehead atoms. The molecule has 142 valence electrons. The van der Waals surface area contributed by atoms with Gasteiger partial charge in [0.05, 0.1) is 6.61 Å². The van der Waals surface area contributed by atoms with Crippen LogP contribution in [0, 0.1) is 5.92 Å². The Kier molecular flexibility index (Phi) is 7.44. The van der Waals surface area contributed by atoms with Crippen molar-refractivity contribution in [2.45, 2.75) is 44.9 Å². The van der Waals surface area contributed by atoms with Gasteiger partial charge in [-0.15, -0.1) is 0 Å². The summed E-state index contributed by atoms with van der Waals surface area (Å²) in [5.74, 6) is 0.355. The van der Waals surface area contributed by atoms with Gasteiger partial charge in [-0.05, 0) is 37.5 Å². The van der Waals surface area contributed by atoms with E-state index in [4.69, 9.17) is 26.2 Å². The maximum atomic E-state index is 12.7. The lowest BCUT2D eigenvalue weighted by atomic mass is 9.96. The minimum atomic E-state index is -3.91. The molecule has 26 heavy (non-hydrogen) atoms. The Morgan fingerprint density at radius 3 is 2.62 bits per heavy atom. The molecule has 5 atom stereocenters. The number of phosphoric acid groups is 1. The van der Waals surface area contributed by atoms with Crippen LogP contribution in [0.15, 0.2) is 24.3 Å². The van der Waals surface area contributed by atoms with Crippen molar-refractivity contribution in [1.82, 2.24) is 0 Å². The number of ether oxygens (including phenoxy) is 1. The number of hydrogen-bond donors (Lipinski definition) is 1. The average molecular weight is 382 g/mol. The van der Waals surface area contributed by atoms with E-state index in [0.717, 1.165) is 5.56 Å². The highest BCUT2D eigenvalue weighted by atomic mass is 31.2. The average Bonchev–Trinajstić information content (AvgIpc) is 2.95. The molecule has 9 heteroatoms. The second-order valence-corrected chi connectivity index (χ2v) is 8.01. The standard InChI is InChI=1S/C17H24BO7P/c1-11(12(2)20)8-13-4-6-14(7-5-13)24-26(21,22-3)25-15-9-17(18)23-16(15)10-19/h4-7,11,15-17,19H,8-10H2,1-3H3/t11?,15-,16-,17?,26?/m1/s1. The van der Waals surface area contributed by atoms with Gasteiger partial charge in [0, 0.05) is 19.0 Å². The number of carbonyl (C=O) groups is 1. The maximum Gasteiger partial charge on any atom is 0.530 e. The van der Waals surface area contributed by atoms with Crippen LogP contribution in [0.3, 0.4) is 0 Å². The van der Waals surface area contributed by atoms with Crippen LogP contribution in [-0.2, 0) is 29.6 Å². The number of phosphoric ester groups is 1. The molecule has 0 spiro atoms. The molecule has 2 rings (SSSR count). The molecule has 2 radical (unpaired) electrons. The lowest BCUT2D eigenvalue weighted by molar-refractivity contribution is -0.120. The summed E-state index contributed by atoms with van der Waals surface area (Å²) in [4.78, 5) is 11.3. The monoisotopic (exact) mass is 382 g/mol. The highest BCUT2D eigenvalue weighted by Crippen LogP contribution is 2.51. The lowest BCUT2D eigenvalue weighted by Crippen LogP contribution is -2.27. The third kappa shape index (κ3) is 5.66. The van der Waals surface area contributed by atoms with E-state index in [-0.39, 0.29) is 24.7 Å². The van der Waals surface area contributed by atoms with Crippen LogP contribution >= 0.6 is 7.82 Å². The Balaban J connectivity index is 2.02. The van der Waals surface area contributed by atoms with Crippen LogP contribution in [0.25, 0.3) is 0 Å². The first-order valence-electron chi connectivity index (χ1n) is 8.41. The van der Waals surface area contributed by atoms with Gasteiger partial charge in [0.25, 0.3) is 0 Å². The van der Waals surface area contributed by atoms with E-state index < -0.39 is 26.0 Å². The first kappa shape index (κ1) is 21.1. The molecule has 0 amide bonds. The summed E-state index contributed by atoms with van der Waals surface area (Å²) in [7, 11) is 2.98. The summed E-state index contributed by atoms with van der Waals surface area (Å²) in [6, 6.07) is 6.25. The molecular weight excluding hydrogens is 358 g/mol. The van der Waals surface area contributed by atoms with Gasteiger partial charge in [-0.2, -0.15) is 0 Å². The third-order valence-electron chi connectivity index (χ3n) is 4.27. The summed E-state index contributed by atoms with van der Waals surface area (Å²) < 4.78 is 33.8. The normalized spacial score (nSPS) is 26.2. The quantitative estimate of drug-likeness (QED) is 0.517. The summed E-state index contributed by atoms with van der Waals surface area (Å²) in [6.45, 7) is 3.11. The molecule has 1 saturated heterocycles. The minimum Gasteiger partial charge on any atom is -0.404 e. The zero-order valence-electron chi connectivity index (χ0n) is 15.2. The zero-order valence-corrected chi connectivity index (χ0v) is 16.1. The molecule has 1 aliphatic heterocycles. The van der Waals surface area contributed by atoms with Crippen molar-refractivity contribution >= 4 is 21.5 Å². The first-order valence-corrected chi connectivity index (χ1v) is 9.87. The molecule has 7 nitrogen and oxygen atoms in total. The van der Waals surface area contributed by atoms with E-state index in [0.29, 0.717) is 12.2 Å². The summed E-state index contributed by atoms with van der Waals surface area (Å²) in [5, 5.41) is 9.30. The van der Waals surface area contributed by atoms with Crippen LogP contribution in [0.2, 0.25) is 0 Å². The zero-order chi connectivity index (χ0) is 19.3. The molecule has 1 aromatic rings. The molecular formula is C17H24BO7P. The number of benzene rings is 1. The second-order valence-electron chi connectivity index (χ2n) is 6.36. The highest BCUT2D eigenvalue weighted by Gasteiger charge is 2.40. The van der Waals surface area contributed by atoms with Crippen LogP contribution < -0.4 is 4.52 Å². The smallest absolute Gasteiger partial charge is 0.404 e. The number of aliphatic hydroxyl groups excluding tert-OH is 1. The predicted molar refractivity (Wildman–Crippen MR) is 96.2 cm³/mol. The maximum absolute atomic E-state index is 12.7. The lowest BCUT2D eigenvalue weighted by Gasteiger charge is -2.22. The minimum absolute atomic E-state index is 0.0721. The Bertz CT molecular complexity index is 651. The fourth-order valence-corrected chi connectivity index (χ4v) is 3.74. The van der Waals surface area contributed by atoms with Crippen molar-refractivity contribution in [2.24, 2.45) is 5.92 Å². The number of Topliss-reactive ketones (excluding diaryl/α,β-unsaturated/α-hetero) is 1. The Morgan fingerprint density at radius 1 is 1.42 bits per heavy atom. The van der Waals surface area contributed by atoms with E-state index >= 15 is 0 Å². The molecule has 1 aliphatic rings. The van der Waals surface area contributed by atoms with Crippen LogP contribution in [-0.4, -0.2) is 50.7 Å². The van der Waals surface area contributed by atoms with Crippen molar-refractivity contribution in [1.29, 1.82) is 0 Å².